The third-order valence-corrected chi connectivity index (χ3v) is 5.85. The number of fused-ring (bicyclic) bond motifs is 1. The predicted molar refractivity (Wildman–Crippen MR) is 102 cm³/mol. The molecule has 2 aromatic rings. The maximum Gasteiger partial charge on any atom is 0.225 e. The average Bonchev–Trinajstić information content (AvgIpc) is 3.38. The fourth-order valence-corrected chi connectivity index (χ4v) is 4.42. The number of nitrogens with zero attached hydrogens (tertiary/aromatic N) is 2. The number of likely N-dealkylation sites (tertiary alicyclic amines) is 1. The zero-order valence-corrected chi connectivity index (χ0v) is 15.2. The van der Waals surface area contributed by atoms with Gasteiger partial charge in [-0.25, -0.2) is 0 Å². The standard InChI is InChI=1S/C21H27N3O2/c25-20-14-17(15-24(20)18-7-2-3-8-18)21(26)22-11-5-12-23-13-10-16-6-1-4-9-19(16)23/h1,4,6,9-10,13,17-18H,2-3,5,7-8,11-12,14-15H2,(H,22,26)/t17-/m0/s1. The van der Waals surface area contributed by atoms with Crippen molar-refractivity contribution in [3.8, 4) is 0 Å². The van der Waals surface area contributed by atoms with Crippen molar-refractivity contribution in [1.82, 2.24) is 14.8 Å². The highest BCUT2D eigenvalue weighted by atomic mass is 16.2. The van der Waals surface area contributed by atoms with Crippen molar-refractivity contribution in [3.63, 3.8) is 0 Å². The highest BCUT2D eigenvalue weighted by Gasteiger charge is 2.38. The number of nitrogens with one attached hydrogen (secondary N) is 1. The molecule has 1 saturated carbocycles. The number of hydrogen-bond acceptors (Lipinski definition) is 2. The quantitative estimate of drug-likeness (QED) is 0.812. The Morgan fingerprint density at radius 2 is 1.96 bits per heavy atom. The van der Waals surface area contributed by atoms with Gasteiger partial charge >= 0.3 is 0 Å². The van der Waals surface area contributed by atoms with Gasteiger partial charge in [-0.1, -0.05) is 31.0 Å². The van der Waals surface area contributed by atoms with Crippen molar-refractivity contribution in [2.75, 3.05) is 13.1 Å². The van der Waals surface area contributed by atoms with E-state index in [1.54, 1.807) is 0 Å². The first kappa shape index (κ1) is 17.1. The van der Waals surface area contributed by atoms with Crippen molar-refractivity contribution < 1.29 is 9.59 Å². The van der Waals surface area contributed by atoms with Gasteiger partial charge in [-0.05, 0) is 36.8 Å². The third-order valence-electron chi connectivity index (χ3n) is 5.85. The van der Waals surface area contributed by atoms with Crippen LogP contribution in [0.25, 0.3) is 10.9 Å². The third kappa shape index (κ3) is 3.48. The molecule has 2 fully saturated rings. The summed E-state index contributed by atoms with van der Waals surface area (Å²) in [6.07, 6.45) is 7.98. The van der Waals surface area contributed by atoms with E-state index < -0.39 is 0 Å². The minimum Gasteiger partial charge on any atom is -0.356 e. The van der Waals surface area contributed by atoms with Crippen LogP contribution in [0.5, 0.6) is 0 Å². The van der Waals surface area contributed by atoms with E-state index in [0.717, 1.165) is 25.8 Å². The predicted octanol–water partition coefficient (Wildman–Crippen LogP) is 2.94. The molecule has 5 heteroatoms. The lowest BCUT2D eigenvalue weighted by Gasteiger charge is -2.23. The molecule has 26 heavy (non-hydrogen) atoms. The van der Waals surface area contributed by atoms with Gasteiger partial charge in [0.05, 0.1) is 5.92 Å². The smallest absolute Gasteiger partial charge is 0.225 e. The summed E-state index contributed by atoms with van der Waals surface area (Å²) in [6, 6.07) is 10.8. The summed E-state index contributed by atoms with van der Waals surface area (Å²) in [7, 11) is 0. The SMILES string of the molecule is O=C(NCCCn1ccc2ccccc21)[C@H]1CC(=O)N(C2CCCC2)C1. The Kier molecular flexibility index (Phi) is 4.96. The number of aryl methyl sites for hydroxylation is 1. The van der Waals surface area contributed by atoms with Crippen LogP contribution in [0.1, 0.15) is 38.5 Å². The largest absolute Gasteiger partial charge is 0.356 e. The van der Waals surface area contributed by atoms with E-state index in [4.69, 9.17) is 0 Å². The summed E-state index contributed by atoms with van der Waals surface area (Å²) < 4.78 is 2.22. The Balaban J connectivity index is 1.23. The lowest BCUT2D eigenvalue weighted by Crippen LogP contribution is -2.37. The van der Waals surface area contributed by atoms with Gasteiger partial charge in [0, 0.05) is 43.8 Å². The van der Waals surface area contributed by atoms with E-state index in [2.05, 4.69) is 34.3 Å². The monoisotopic (exact) mass is 353 g/mol. The van der Waals surface area contributed by atoms with Crippen molar-refractivity contribution in [1.29, 1.82) is 0 Å². The van der Waals surface area contributed by atoms with Crippen LogP contribution in [-0.4, -0.2) is 40.4 Å². The Bertz CT molecular complexity index is 791. The second kappa shape index (κ2) is 7.52. The zero-order chi connectivity index (χ0) is 17.9. The first-order chi connectivity index (χ1) is 12.7. The molecule has 138 valence electrons. The van der Waals surface area contributed by atoms with Crippen LogP contribution in [-0.2, 0) is 16.1 Å². The lowest BCUT2D eigenvalue weighted by atomic mass is 10.1. The van der Waals surface area contributed by atoms with Crippen molar-refractivity contribution in [3.05, 3.63) is 36.5 Å². The molecule has 2 heterocycles. The fourth-order valence-electron chi connectivity index (χ4n) is 4.42. The minimum absolute atomic E-state index is 0.0382. The highest BCUT2D eigenvalue weighted by Crippen LogP contribution is 2.29. The molecule has 1 aromatic carbocycles. The molecule has 1 N–H and O–H groups in total. The summed E-state index contributed by atoms with van der Waals surface area (Å²) in [6.45, 7) is 2.14. The molecule has 5 nitrogen and oxygen atoms in total. The molecular formula is C21H27N3O2. The summed E-state index contributed by atoms with van der Waals surface area (Å²) in [5.41, 5.74) is 1.23. The van der Waals surface area contributed by atoms with E-state index in [0.29, 0.717) is 25.6 Å². The van der Waals surface area contributed by atoms with Crippen LogP contribution in [0.15, 0.2) is 36.5 Å². The van der Waals surface area contributed by atoms with E-state index in [1.165, 1.54) is 23.7 Å². The van der Waals surface area contributed by atoms with Gasteiger partial charge < -0.3 is 14.8 Å². The molecule has 1 aliphatic carbocycles. The van der Waals surface area contributed by atoms with Crippen LogP contribution in [0, 0.1) is 5.92 Å². The van der Waals surface area contributed by atoms with Gasteiger partial charge in [-0.2, -0.15) is 0 Å². The molecule has 2 amide bonds. The van der Waals surface area contributed by atoms with Crippen molar-refractivity contribution in [2.24, 2.45) is 5.92 Å². The Labute approximate surface area is 154 Å². The van der Waals surface area contributed by atoms with Gasteiger partial charge in [-0.15, -0.1) is 0 Å². The second-order valence-corrected chi connectivity index (χ2v) is 7.60. The van der Waals surface area contributed by atoms with Gasteiger partial charge in [0.2, 0.25) is 11.8 Å². The first-order valence-electron chi connectivity index (χ1n) is 9.83. The van der Waals surface area contributed by atoms with Crippen molar-refractivity contribution >= 4 is 22.7 Å². The van der Waals surface area contributed by atoms with E-state index in [1.807, 2.05) is 17.0 Å². The Morgan fingerprint density at radius 3 is 2.81 bits per heavy atom. The number of amides is 2. The number of carbonyl (C=O) groups is 2. The van der Waals surface area contributed by atoms with Crippen LogP contribution in [0.4, 0.5) is 0 Å². The number of carbonyl (C=O) groups excluding carboxylic acids is 2. The number of hydrogen-bond donors (Lipinski definition) is 1. The maximum atomic E-state index is 12.4. The van der Waals surface area contributed by atoms with Crippen LogP contribution in [0.3, 0.4) is 0 Å². The van der Waals surface area contributed by atoms with Gasteiger partial charge in [-0.3, -0.25) is 9.59 Å². The van der Waals surface area contributed by atoms with Crippen LogP contribution >= 0.6 is 0 Å². The lowest BCUT2D eigenvalue weighted by molar-refractivity contribution is -0.130. The molecule has 2 aliphatic rings. The van der Waals surface area contributed by atoms with Gasteiger partial charge in [0.15, 0.2) is 0 Å². The zero-order valence-electron chi connectivity index (χ0n) is 15.2. The topological polar surface area (TPSA) is 54.3 Å². The highest BCUT2D eigenvalue weighted by molar-refractivity contribution is 5.89. The van der Waals surface area contributed by atoms with Gasteiger partial charge in [0.1, 0.15) is 0 Å². The molecule has 1 atom stereocenters. The Morgan fingerprint density at radius 1 is 1.15 bits per heavy atom. The minimum atomic E-state index is -0.171. The number of aromatic nitrogens is 1. The first-order valence-corrected chi connectivity index (χ1v) is 9.83. The van der Waals surface area contributed by atoms with Gasteiger partial charge in [0.25, 0.3) is 0 Å². The van der Waals surface area contributed by atoms with E-state index in [-0.39, 0.29) is 17.7 Å². The normalized spacial score (nSPS) is 21.0. The Hall–Kier alpha value is -2.30. The average molecular weight is 353 g/mol. The molecule has 0 spiro atoms. The molecule has 1 saturated heterocycles. The fraction of sp³-hybridized carbons (Fsp3) is 0.524. The van der Waals surface area contributed by atoms with E-state index >= 15 is 0 Å². The molecule has 1 aliphatic heterocycles. The molecular weight excluding hydrogens is 326 g/mol. The number of para-hydroxylation sites is 1. The summed E-state index contributed by atoms with van der Waals surface area (Å²) >= 11 is 0. The summed E-state index contributed by atoms with van der Waals surface area (Å²) in [5, 5.41) is 4.28. The molecule has 0 radical (unpaired) electrons. The van der Waals surface area contributed by atoms with Crippen LogP contribution in [0.2, 0.25) is 0 Å². The van der Waals surface area contributed by atoms with E-state index in [9.17, 15) is 9.59 Å². The molecule has 0 unspecified atom stereocenters. The summed E-state index contributed by atoms with van der Waals surface area (Å²) in [5.74, 6) is 0.0302. The summed E-state index contributed by atoms with van der Waals surface area (Å²) in [4.78, 5) is 26.6. The maximum absolute atomic E-state index is 12.4. The molecule has 1 aromatic heterocycles. The molecule has 0 bridgehead atoms. The second-order valence-electron chi connectivity index (χ2n) is 7.60. The molecule has 4 rings (SSSR count). The number of benzene rings is 1. The van der Waals surface area contributed by atoms with Crippen LogP contribution < -0.4 is 5.32 Å². The number of rotatable bonds is 6. The van der Waals surface area contributed by atoms with Crippen molar-refractivity contribution in [2.45, 2.75) is 51.1 Å².